The Bertz CT molecular complexity index is 972. The predicted octanol–water partition coefficient (Wildman–Crippen LogP) is 5.48. The first kappa shape index (κ1) is 27.6. The number of nitrogens with zero attached hydrogens (tertiary/aromatic N) is 1. The molecule has 2 aromatic carbocycles. The van der Waals surface area contributed by atoms with Gasteiger partial charge in [-0.2, -0.15) is 13.2 Å². The second kappa shape index (κ2) is 11.4. The quantitative estimate of drug-likeness (QED) is 0.140. The molecule has 0 aliphatic carbocycles. The highest BCUT2D eigenvalue weighted by atomic mass is 32.2. The standard InChI is InChI=1S/C19H21F3NO3S.BF4/c1-5-27-18(23(2)11-16(24)26-4)14-8-6-7-13-12(14)9-10-15(25-3)17(13)19(20,21)22;2-1(3,4)5/h6-10H,5,11H2,1-4H3;/q+1;-1. The average molecular weight is 487 g/mol. The summed E-state index contributed by atoms with van der Waals surface area (Å²) in [6.45, 7) is 1.93. The van der Waals surface area contributed by atoms with Gasteiger partial charge in [-0.1, -0.05) is 30.8 Å². The molecule has 0 fully saturated rings. The summed E-state index contributed by atoms with van der Waals surface area (Å²) in [5.74, 6) is 0.0452. The van der Waals surface area contributed by atoms with Gasteiger partial charge in [-0.3, -0.25) is 0 Å². The van der Waals surface area contributed by atoms with Gasteiger partial charge in [-0.05, 0) is 29.0 Å². The Kier molecular flexibility index (Phi) is 9.86. The Morgan fingerprint density at radius 1 is 1.06 bits per heavy atom. The summed E-state index contributed by atoms with van der Waals surface area (Å²) in [5, 5.41) is 1.20. The van der Waals surface area contributed by atoms with E-state index in [4.69, 9.17) is 9.47 Å². The van der Waals surface area contributed by atoms with Crippen LogP contribution in [-0.2, 0) is 15.7 Å². The number of carbonyl (C=O) groups excluding carboxylic acids is 1. The third kappa shape index (κ3) is 7.92. The lowest BCUT2D eigenvalue weighted by molar-refractivity contribution is -0.484. The van der Waals surface area contributed by atoms with E-state index >= 15 is 0 Å². The number of esters is 1. The summed E-state index contributed by atoms with van der Waals surface area (Å²) in [4.78, 5) is 11.6. The molecule has 0 atom stereocenters. The van der Waals surface area contributed by atoms with E-state index in [0.717, 1.165) is 0 Å². The molecule has 0 spiro atoms. The number of hydrogen-bond acceptors (Lipinski definition) is 4. The van der Waals surface area contributed by atoms with Crippen LogP contribution < -0.4 is 4.74 Å². The van der Waals surface area contributed by atoms with E-state index < -0.39 is 25.0 Å². The zero-order valence-electron chi connectivity index (χ0n) is 17.6. The van der Waals surface area contributed by atoms with Crippen LogP contribution in [0, 0.1) is 0 Å². The first-order valence-corrected chi connectivity index (χ1v) is 10.0. The van der Waals surface area contributed by atoms with E-state index in [1.165, 1.54) is 38.1 Å². The van der Waals surface area contributed by atoms with Crippen LogP contribution in [0.4, 0.5) is 30.4 Å². The Labute approximate surface area is 184 Å². The lowest BCUT2D eigenvalue weighted by Crippen LogP contribution is -2.24. The van der Waals surface area contributed by atoms with Crippen LogP contribution in [0.5, 0.6) is 5.75 Å². The van der Waals surface area contributed by atoms with Crippen LogP contribution in [0.3, 0.4) is 0 Å². The van der Waals surface area contributed by atoms with Crippen molar-refractivity contribution in [1.29, 1.82) is 0 Å². The van der Waals surface area contributed by atoms with Crippen molar-refractivity contribution >= 4 is 40.8 Å². The second-order valence-corrected chi connectivity index (χ2v) is 7.46. The van der Waals surface area contributed by atoms with Gasteiger partial charge >= 0.3 is 19.4 Å². The first-order valence-electron chi connectivity index (χ1n) is 9.06. The molecule has 0 aliphatic heterocycles. The first-order chi connectivity index (χ1) is 14.7. The number of methoxy groups -OCH3 is 2. The summed E-state index contributed by atoms with van der Waals surface area (Å²) in [6, 6.07) is 7.69. The molecule has 32 heavy (non-hydrogen) atoms. The van der Waals surface area contributed by atoms with Crippen molar-refractivity contribution in [2.45, 2.75) is 13.1 Å². The van der Waals surface area contributed by atoms with Crippen LogP contribution >= 0.6 is 11.8 Å². The topological polar surface area (TPSA) is 38.5 Å². The summed E-state index contributed by atoms with van der Waals surface area (Å²) < 4.78 is 91.3. The van der Waals surface area contributed by atoms with Crippen LogP contribution in [-0.4, -0.2) is 56.4 Å². The highest BCUT2D eigenvalue weighted by Crippen LogP contribution is 2.42. The van der Waals surface area contributed by atoms with E-state index in [9.17, 15) is 35.2 Å². The Morgan fingerprint density at radius 3 is 2.12 bits per heavy atom. The fourth-order valence-corrected chi connectivity index (χ4v) is 3.74. The molecule has 4 nitrogen and oxygen atoms in total. The summed E-state index contributed by atoms with van der Waals surface area (Å²) in [6.07, 6.45) is -4.56. The minimum atomic E-state index is -6.00. The molecule has 0 heterocycles. The monoisotopic (exact) mass is 487 g/mol. The SMILES string of the molecule is CCSC(c1cccc2c(C(F)(F)F)c(OC)ccc12)=[N+](C)CC(=O)OC.F[B-](F)(F)F. The molecular weight excluding hydrogens is 466 g/mol. The molecule has 0 saturated carbocycles. The van der Waals surface area contributed by atoms with E-state index in [1.807, 2.05) is 6.92 Å². The third-order valence-electron chi connectivity index (χ3n) is 3.98. The molecule has 2 aromatic rings. The number of halogens is 7. The highest BCUT2D eigenvalue weighted by molar-refractivity contribution is 8.14. The van der Waals surface area contributed by atoms with Crippen molar-refractivity contribution in [3.05, 3.63) is 41.5 Å². The van der Waals surface area contributed by atoms with E-state index in [0.29, 0.717) is 21.7 Å². The van der Waals surface area contributed by atoms with Crippen molar-refractivity contribution in [2.24, 2.45) is 0 Å². The van der Waals surface area contributed by atoms with Gasteiger partial charge in [-0.15, -0.1) is 0 Å². The molecule has 13 heteroatoms. The van der Waals surface area contributed by atoms with Crippen LogP contribution in [0.1, 0.15) is 18.1 Å². The predicted molar refractivity (Wildman–Crippen MR) is 111 cm³/mol. The summed E-state index contributed by atoms with van der Waals surface area (Å²) in [7, 11) is -1.78. The number of alkyl halides is 3. The van der Waals surface area contributed by atoms with Gasteiger partial charge < -0.3 is 26.7 Å². The number of thioether (sulfide) groups is 1. The van der Waals surface area contributed by atoms with Crippen molar-refractivity contribution in [3.63, 3.8) is 0 Å². The smallest absolute Gasteiger partial charge is 0.496 e. The van der Waals surface area contributed by atoms with Crippen LogP contribution in [0.25, 0.3) is 10.8 Å². The Hall–Kier alpha value is -2.44. The second-order valence-electron chi connectivity index (χ2n) is 6.21. The fourth-order valence-electron chi connectivity index (χ4n) is 2.85. The molecule has 2 rings (SSSR count). The number of ether oxygens (including phenoxy) is 2. The zero-order valence-corrected chi connectivity index (χ0v) is 18.4. The molecular formula is C19H21BF7NO3S. The average Bonchev–Trinajstić information content (AvgIpc) is 2.68. The van der Waals surface area contributed by atoms with E-state index in [2.05, 4.69) is 0 Å². The maximum absolute atomic E-state index is 13.7. The number of fused-ring (bicyclic) bond motifs is 1. The van der Waals surface area contributed by atoms with Gasteiger partial charge in [0.25, 0.3) is 0 Å². The number of benzene rings is 2. The van der Waals surface area contributed by atoms with Gasteiger partial charge in [-0.25, -0.2) is 9.37 Å². The lowest BCUT2D eigenvalue weighted by Gasteiger charge is -2.16. The number of rotatable bonds is 5. The maximum Gasteiger partial charge on any atom is 0.673 e. The molecule has 0 radical (unpaired) electrons. The summed E-state index contributed by atoms with van der Waals surface area (Å²) >= 11 is 1.45. The highest BCUT2D eigenvalue weighted by Gasteiger charge is 2.37. The van der Waals surface area contributed by atoms with Gasteiger partial charge in [0.2, 0.25) is 11.6 Å². The van der Waals surface area contributed by atoms with Crippen molar-refractivity contribution in [2.75, 3.05) is 33.6 Å². The molecule has 0 saturated heterocycles. The van der Waals surface area contributed by atoms with Gasteiger partial charge in [0, 0.05) is 5.75 Å². The van der Waals surface area contributed by atoms with Gasteiger partial charge in [0.05, 0.1) is 19.8 Å². The van der Waals surface area contributed by atoms with Crippen molar-refractivity contribution < 1.29 is 49.3 Å². The minimum absolute atomic E-state index is 0.00248. The van der Waals surface area contributed by atoms with E-state index in [-0.39, 0.29) is 17.7 Å². The van der Waals surface area contributed by atoms with E-state index in [1.54, 1.807) is 29.8 Å². The van der Waals surface area contributed by atoms with Crippen molar-refractivity contribution in [3.8, 4) is 5.75 Å². The number of carbonyl (C=O) groups is 1. The molecule has 0 aliphatic rings. The lowest BCUT2D eigenvalue weighted by atomic mass is 9.99. The molecule has 0 unspecified atom stereocenters. The zero-order chi connectivity index (χ0) is 24.7. The summed E-state index contributed by atoms with van der Waals surface area (Å²) in [5.41, 5.74) is -0.181. The number of hydrogen-bond donors (Lipinski definition) is 0. The molecule has 0 bridgehead atoms. The third-order valence-corrected chi connectivity index (χ3v) is 5.07. The van der Waals surface area contributed by atoms with Gasteiger partial charge in [0.15, 0.2) is 0 Å². The fraction of sp³-hybridized carbons (Fsp3) is 0.368. The van der Waals surface area contributed by atoms with Crippen molar-refractivity contribution in [1.82, 2.24) is 0 Å². The molecule has 0 amide bonds. The van der Waals surface area contributed by atoms with Crippen LogP contribution in [0.2, 0.25) is 0 Å². The van der Waals surface area contributed by atoms with Crippen LogP contribution in [0.15, 0.2) is 30.3 Å². The molecule has 0 N–H and O–H groups in total. The minimum Gasteiger partial charge on any atom is -0.496 e. The Morgan fingerprint density at radius 2 is 1.66 bits per heavy atom. The normalized spacial score (nSPS) is 12.6. The largest absolute Gasteiger partial charge is 0.673 e. The molecule has 178 valence electrons. The maximum atomic E-state index is 13.7. The molecule has 0 aromatic heterocycles. The number of likely N-dealkylation sites (N-methyl/N-ethyl adjacent to an activating group) is 1. The van der Waals surface area contributed by atoms with Gasteiger partial charge in [0.1, 0.15) is 18.4 Å². The Balaban J connectivity index is 0.000000920.